The minimum absolute atomic E-state index is 0.0844. The van der Waals surface area contributed by atoms with Crippen LogP contribution in [0, 0.1) is 5.82 Å². The largest absolute Gasteiger partial charge is 0.505 e. The molecule has 0 radical (unpaired) electrons. The van der Waals surface area contributed by atoms with Gasteiger partial charge in [-0.1, -0.05) is 0 Å². The highest BCUT2D eigenvalue weighted by Crippen LogP contribution is 2.34. The topological polar surface area (TPSA) is 62.7 Å². The number of aromatic hydroxyl groups is 1. The number of thioether (sulfide) groups is 1. The van der Waals surface area contributed by atoms with E-state index >= 15 is 0 Å². The monoisotopic (exact) mass is 348 g/mol. The average Bonchev–Trinajstić information content (AvgIpc) is 2.60. The lowest BCUT2D eigenvalue weighted by molar-refractivity contribution is 0.0319. The van der Waals surface area contributed by atoms with Gasteiger partial charge in [-0.15, -0.1) is 0 Å². The van der Waals surface area contributed by atoms with Gasteiger partial charge in [0.25, 0.3) is 5.91 Å². The van der Waals surface area contributed by atoms with Crippen LogP contribution in [-0.4, -0.2) is 57.7 Å². The van der Waals surface area contributed by atoms with E-state index in [0.717, 1.165) is 12.2 Å². The van der Waals surface area contributed by atoms with E-state index in [1.165, 1.54) is 24.4 Å². The third-order valence-corrected chi connectivity index (χ3v) is 5.92. The molecule has 126 valence electrons. The highest BCUT2D eigenvalue weighted by molar-refractivity contribution is 8.00. The number of aromatic nitrogens is 1. The number of hydrogen-bond donors (Lipinski definition) is 1. The Hall–Kier alpha value is -1.86. The van der Waals surface area contributed by atoms with Crippen LogP contribution in [0.15, 0.2) is 24.4 Å². The minimum atomic E-state index is -0.456. The first-order chi connectivity index (χ1) is 11.6. The number of pyridine rings is 1. The Morgan fingerprint density at radius 1 is 1.46 bits per heavy atom. The van der Waals surface area contributed by atoms with Crippen molar-refractivity contribution in [1.82, 2.24) is 9.88 Å². The quantitative estimate of drug-likeness (QED) is 0.858. The molecule has 0 aliphatic carbocycles. The van der Waals surface area contributed by atoms with Gasteiger partial charge in [0.2, 0.25) is 0 Å². The first-order valence-corrected chi connectivity index (χ1v) is 8.97. The molecule has 2 aromatic rings. The normalized spacial score (nSPS) is 24.0. The zero-order valence-electron chi connectivity index (χ0n) is 12.9. The summed E-state index contributed by atoms with van der Waals surface area (Å²) < 4.78 is 19.2. The molecule has 1 N–H and O–H groups in total. The van der Waals surface area contributed by atoms with Crippen LogP contribution in [0.3, 0.4) is 0 Å². The molecule has 1 aromatic carbocycles. The summed E-state index contributed by atoms with van der Waals surface area (Å²) in [5.41, 5.74) is 0.629. The number of benzene rings is 1. The van der Waals surface area contributed by atoms with Gasteiger partial charge in [0.05, 0.1) is 23.9 Å². The van der Waals surface area contributed by atoms with Crippen molar-refractivity contribution in [3.05, 3.63) is 35.8 Å². The summed E-state index contributed by atoms with van der Waals surface area (Å²) in [6, 6.07) is 4.16. The van der Waals surface area contributed by atoms with Crippen LogP contribution < -0.4 is 0 Å². The summed E-state index contributed by atoms with van der Waals surface area (Å²) >= 11 is 1.82. The van der Waals surface area contributed by atoms with Crippen molar-refractivity contribution < 1.29 is 19.0 Å². The Kier molecular flexibility index (Phi) is 4.05. The van der Waals surface area contributed by atoms with Crippen LogP contribution in [-0.2, 0) is 4.74 Å². The van der Waals surface area contributed by atoms with E-state index in [2.05, 4.69) is 4.98 Å². The molecule has 3 heterocycles. The average molecular weight is 348 g/mol. The summed E-state index contributed by atoms with van der Waals surface area (Å²) in [6.45, 7) is 1.88. The van der Waals surface area contributed by atoms with E-state index in [9.17, 15) is 14.3 Å². The second-order valence-corrected chi connectivity index (χ2v) is 7.37. The van der Waals surface area contributed by atoms with Crippen molar-refractivity contribution in [2.75, 3.05) is 25.5 Å². The molecular formula is C17H17FN2O3S. The van der Waals surface area contributed by atoms with E-state index in [0.29, 0.717) is 30.7 Å². The lowest BCUT2D eigenvalue weighted by atomic mass is 10.0. The molecule has 0 spiro atoms. The summed E-state index contributed by atoms with van der Waals surface area (Å²) in [5, 5.41) is 10.8. The molecule has 2 aliphatic heterocycles. The number of hydrogen-bond acceptors (Lipinski definition) is 5. The van der Waals surface area contributed by atoms with Crippen LogP contribution in [0.2, 0.25) is 0 Å². The van der Waals surface area contributed by atoms with Crippen LogP contribution >= 0.6 is 11.8 Å². The van der Waals surface area contributed by atoms with E-state index in [4.69, 9.17) is 4.74 Å². The molecule has 1 amide bonds. The molecule has 4 rings (SSSR count). The van der Waals surface area contributed by atoms with Crippen LogP contribution in [0.25, 0.3) is 10.9 Å². The Balaban J connectivity index is 1.77. The fourth-order valence-corrected chi connectivity index (χ4v) is 4.76. The van der Waals surface area contributed by atoms with Gasteiger partial charge in [0.1, 0.15) is 11.6 Å². The molecule has 0 bridgehead atoms. The molecule has 2 fully saturated rings. The Morgan fingerprint density at radius 3 is 3.21 bits per heavy atom. The summed E-state index contributed by atoms with van der Waals surface area (Å²) in [6.07, 6.45) is 2.04. The summed E-state index contributed by atoms with van der Waals surface area (Å²) in [7, 11) is 0. The van der Waals surface area contributed by atoms with Gasteiger partial charge in [-0.25, -0.2) is 4.39 Å². The van der Waals surface area contributed by atoms with Crippen LogP contribution in [0.4, 0.5) is 4.39 Å². The van der Waals surface area contributed by atoms with E-state index < -0.39 is 5.82 Å². The Labute approximate surface area is 142 Å². The first-order valence-electron chi connectivity index (χ1n) is 7.92. The molecule has 2 saturated heterocycles. The summed E-state index contributed by atoms with van der Waals surface area (Å²) in [4.78, 5) is 19.1. The predicted molar refractivity (Wildman–Crippen MR) is 89.9 cm³/mol. The third kappa shape index (κ3) is 2.61. The zero-order chi connectivity index (χ0) is 16.7. The standard InChI is InChI=1S/C17H17FN2O3S/c18-10-1-2-12-11(7-10)16(14(21)8-19-12)17(22)20-4-6-24-15-9-23-5-3-13(15)20/h1-2,7-8,13,15,21H,3-6,9H2. The first kappa shape index (κ1) is 15.7. The second-order valence-electron chi connectivity index (χ2n) is 6.02. The highest BCUT2D eigenvalue weighted by atomic mass is 32.2. The maximum atomic E-state index is 13.7. The molecule has 2 unspecified atom stereocenters. The number of fused-ring (bicyclic) bond motifs is 2. The van der Waals surface area contributed by atoms with E-state index in [1.54, 1.807) is 0 Å². The lowest BCUT2D eigenvalue weighted by Gasteiger charge is -2.43. The van der Waals surface area contributed by atoms with Crippen molar-refractivity contribution in [2.24, 2.45) is 0 Å². The van der Waals surface area contributed by atoms with Crippen LogP contribution in [0.1, 0.15) is 16.8 Å². The van der Waals surface area contributed by atoms with E-state index in [1.807, 2.05) is 16.7 Å². The smallest absolute Gasteiger partial charge is 0.258 e. The van der Waals surface area contributed by atoms with Gasteiger partial charge < -0.3 is 14.7 Å². The second kappa shape index (κ2) is 6.22. The predicted octanol–water partition coefficient (Wildman–Crippen LogP) is 2.43. The Bertz CT molecular complexity index is 793. The summed E-state index contributed by atoms with van der Waals surface area (Å²) in [5.74, 6) is -0.0984. The molecule has 5 nitrogen and oxygen atoms in total. The van der Waals surface area contributed by atoms with Gasteiger partial charge in [-0.3, -0.25) is 9.78 Å². The number of nitrogens with zero attached hydrogens (tertiary/aromatic N) is 2. The van der Waals surface area contributed by atoms with Gasteiger partial charge >= 0.3 is 0 Å². The number of amides is 1. The molecule has 2 atom stereocenters. The number of rotatable bonds is 1. The lowest BCUT2D eigenvalue weighted by Crippen LogP contribution is -2.54. The van der Waals surface area contributed by atoms with Gasteiger partial charge in [0.15, 0.2) is 0 Å². The number of carbonyl (C=O) groups is 1. The van der Waals surface area contributed by atoms with Gasteiger partial charge in [-0.2, -0.15) is 11.8 Å². The molecule has 1 aromatic heterocycles. The molecule has 7 heteroatoms. The van der Waals surface area contributed by atoms with Gasteiger partial charge in [-0.05, 0) is 24.6 Å². The van der Waals surface area contributed by atoms with Gasteiger partial charge in [0, 0.05) is 35.6 Å². The minimum Gasteiger partial charge on any atom is -0.505 e. The fraction of sp³-hybridized carbons (Fsp3) is 0.412. The SMILES string of the molecule is O=C(c1c(O)cnc2ccc(F)cc12)N1CCSC2COCCC21. The third-order valence-electron chi connectivity index (χ3n) is 4.62. The zero-order valence-corrected chi connectivity index (χ0v) is 13.8. The maximum Gasteiger partial charge on any atom is 0.258 e. The number of carbonyl (C=O) groups excluding carboxylic acids is 1. The molecular weight excluding hydrogens is 331 g/mol. The highest BCUT2D eigenvalue weighted by Gasteiger charge is 2.38. The molecule has 2 aliphatic rings. The van der Waals surface area contributed by atoms with Crippen molar-refractivity contribution >= 4 is 28.6 Å². The number of ether oxygens (including phenoxy) is 1. The van der Waals surface area contributed by atoms with E-state index in [-0.39, 0.29) is 28.5 Å². The maximum absolute atomic E-state index is 13.7. The Morgan fingerprint density at radius 2 is 2.33 bits per heavy atom. The van der Waals surface area contributed by atoms with Crippen molar-refractivity contribution in [2.45, 2.75) is 17.7 Å². The number of halogens is 1. The van der Waals surface area contributed by atoms with Crippen molar-refractivity contribution in [3.8, 4) is 5.75 Å². The van der Waals surface area contributed by atoms with Crippen LogP contribution in [0.5, 0.6) is 5.75 Å². The van der Waals surface area contributed by atoms with Crippen molar-refractivity contribution in [3.63, 3.8) is 0 Å². The molecule has 0 saturated carbocycles. The van der Waals surface area contributed by atoms with Crippen molar-refractivity contribution in [1.29, 1.82) is 0 Å². The fourth-order valence-electron chi connectivity index (χ4n) is 3.46. The molecule has 24 heavy (non-hydrogen) atoms.